The third kappa shape index (κ3) is 4.79. The number of rotatable bonds is 7. The van der Waals surface area contributed by atoms with Crippen molar-refractivity contribution < 1.29 is 19.7 Å². The summed E-state index contributed by atoms with van der Waals surface area (Å²) in [5.41, 5.74) is 0.618. The number of halogens is 1. The van der Waals surface area contributed by atoms with Crippen LogP contribution in [0.4, 0.5) is 4.39 Å². The van der Waals surface area contributed by atoms with E-state index in [4.69, 9.17) is 10.2 Å². The average molecular weight is 243 g/mol. The molecule has 5 heteroatoms. The highest BCUT2D eigenvalue weighted by atomic mass is 19.1. The van der Waals surface area contributed by atoms with Crippen molar-refractivity contribution in [2.45, 2.75) is 6.10 Å². The third-order valence-electron chi connectivity index (χ3n) is 2.52. The summed E-state index contributed by atoms with van der Waals surface area (Å²) in [6, 6.07) is 5.63. The van der Waals surface area contributed by atoms with Crippen molar-refractivity contribution in [2.75, 3.05) is 32.8 Å². The minimum atomic E-state index is -0.756. The van der Waals surface area contributed by atoms with E-state index in [2.05, 4.69) is 0 Å². The predicted octanol–water partition coefficient (Wildman–Crippen LogP) is 0.146. The Bertz CT molecular complexity index is 312. The Labute approximate surface area is 99.9 Å². The smallest absolute Gasteiger partial charge is 0.123 e. The molecule has 1 rings (SSSR count). The number of aliphatic hydroxyl groups excluding tert-OH is 3. The van der Waals surface area contributed by atoms with Crippen LogP contribution in [0.25, 0.3) is 0 Å². The first kappa shape index (κ1) is 14.1. The maximum atomic E-state index is 12.7. The lowest BCUT2D eigenvalue weighted by atomic mass is 10.1. The summed E-state index contributed by atoms with van der Waals surface area (Å²) in [5, 5.41) is 27.6. The molecule has 0 fully saturated rings. The fourth-order valence-corrected chi connectivity index (χ4v) is 1.61. The van der Waals surface area contributed by atoms with Crippen LogP contribution in [0.1, 0.15) is 11.7 Å². The standard InChI is InChI=1S/C12H18FNO3/c13-11-3-1-10(2-4-11)12(17)9-14(5-7-15)6-8-16/h1-4,12,15-17H,5-9H2. The molecule has 0 amide bonds. The van der Waals surface area contributed by atoms with Gasteiger partial charge in [0.2, 0.25) is 0 Å². The Morgan fingerprint density at radius 2 is 1.59 bits per heavy atom. The summed E-state index contributed by atoms with van der Waals surface area (Å²) in [7, 11) is 0. The van der Waals surface area contributed by atoms with Gasteiger partial charge >= 0.3 is 0 Å². The molecule has 0 saturated heterocycles. The van der Waals surface area contributed by atoms with Gasteiger partial charge in [-0.1, -0.05) is 12.1 Å². The average Bonchev–Trinajstić information content (AvgIpc) is 2.30. The summed E-state index contributed by atoms with van der Waals surface area (Å²) < 4.78 is 12.7. The normalized spacial score (nSPS) is 13.0. The van der Waals surface area contributed by atoms with Crippen LogP contribution < -0.4 is 0 Å². The van der Waals surface area contributed by atoms with Crippen LogP contribution in [-0.4, -0.2) is 53.1 Å². The topological polar surface area (TPSA) is 63.9 Å². The van der Waals surface area contributed by atoms with Crippen LogP contribution in [0, 0.1) is 5.82 Å². The van der Waals surface area contributed by atoms with E-state index >= 15 is 0 Å². The first-order valence-electron chi connectivity index (χ1n) is 5.55. The number of nitrogens with zero attached hydrogens (tertiary/aromatic N) is 1. The number of benzene rings is 1. The highest BCUT2D eigenvalue weighted by Gasteiger charge is 2.12. The van der Waals surface area contributed by atoms with Crippen molar-refractivity contribution >= 4 is 0 Å². The Morgan fingerprint density at radius 1 is 1.06 bits per heavy atom. The molecule has 0 bridgehead atoms. The molecule has 96 valence electrons. The molecule has 0 aliphatic heterocycles. The fraction of sp³-hybridized carbons (Fsp3) is 0.500. The summed E-state index contributed by atoms with van der Waals surface area (Å²) in [6.07, 6.45) is -0.756. The molecule has 1 atom stereocenters. The number of hydrogen-bond acceptors (Lipinski definition) is 4. The van der Waals surface area contributed by atoms with Gasteiger partial charge in [0.25, 0.3) is 0 Å². The van der Waals surface area contributed by atoms with Crippen molar-refractivity contribution in [1.29, 1.82) is 0 Å². The minimum Gasteiger partial charge on any atom is -0.395 e. The van der Waals surface area contributed by atoms with Gasteiger partial charge in [-0.3, -0.25) is 4.90 Å². The third-order valence-corrected chi connectivity index (χ3v) is 2.52. The first-order chi connectivity index (χ1) is 8.17. The molecular weight excluding hydrogens is 225 g/mol. The van der Waals surface area contributed by atoms with Gasteiger partial charge in [0.05, 0.1) is 19.3 Å². The van der Waals surface area contributed by atoms with Crippen LogP contribution in [-0.2, 0) is 0 Å². The Kier molecular flexibility index (Phi) is 6.07. The zero-order chi connectivity index (χ0) is 12.7. The van der Waals surface area contributed by atoms with Crippen LogP contribution in [0.2, 0.25) is 0 Å². The van der Waals surface area contributed by atoms with Gasteiger partial charge in [0, 0.05) is 19.6 Å². The number of aliphatic hydroxyl groups is 3. The summed E-state index contributed by atoms with van der Waals surface area (Å²) >= 11 is 0. The van der Waals surface area contributed by atoms with E-state index in [0.29, 0.717) is 25.2 Å². The maximum absolute atomic E-state index is 12.7. The van der Waals surface area contributed by atoms with E-state index in [1.54, 1.807) is 4.90 Å². The molecule has 0 aliphatic rings. The Morgan fingerprint density at radius 3 is 2.06 bits per heavy atom. The van der Waals surface area contributed by atoms with Crippen molar-refractivity contribution in [1.82, 2.24) is 4.90 Å². The molecule has 0 spiro atoms. The second-order valence-electron chi connectivity index (χ2n) is 3.82. The van der Waals surface area contributed by atoms with Gasteiger partial charge in [0.15, 0.2) is 0 Å². The van der Waals surface area contributed by atoms with Crippen molar-refractivity contribution in [3.63, 3.8) is 0 Å². The number of hydrogen-bond donors (Lipinski definition) is 3. The molecule has 0 radical (unpaired) electrons. The van der Waals surface area contributed by atoms with E-state index in [-0.39, 0.29) is 19.0 Å². The first-order valence-corrected chi connectivity index (χ1v) is 5.55. The lowest BCUT2D eigenvalue weighted by Crippen LogP contribution is -2.33. The van der Waals surface area contributed by atoms with E-state index in [0.717, 1.165) is 0 Å². The SMILES string of the molecule is OCCN(CCO)CC(O)c1ccc(F)cc1. The Balaban J connectivity index is 2.56. The molecule has 0 aliphatic carbocycles. The van der Waals surface area contributed by atoms with E-state index < -0.39 is 6.10 Å². The van der Waals surface area contributed by atoms with E-state index in [9.17, 15) is 9.50 Å². The van der Waals surface area contributed by atoms with E-state index in [1.165, 1.54) is 24.3 Å². The highest BCUT2D eigenvalue weighted by Crippen LogP contribution is 2.14. The maximum Gasteiger partial charge on any atom is 0.123 e. The van der Waals surface area contributed by atoms with Gasteiger partial charge in [0.1, 0.15) is 5.82 Å². The van der Waals surface area contributed by atoms with Gasteiger partial charge in [-0.15, -0.1) is 0 Å². The molecular formula is C12H18FNO3. The summed E-state index contributed by atoms with van der Waals surface area (Å²) in [6.45, 7) is 1.01. The second kappa shape index (κ2) is 7.34. The van der Waals surface area contributed by atoms with Crippen molar-refractivity contribution in [3.8, 4) is 0 Å². The lowest BCUT2D eigenvalue weighted by molar-refractivity contribution is 0.0874. The van der Waals surface area contributed by atoms with Crippen molar-refractivity contribution in [2.24, 2.45) is 0 Å². The van der Waals surface area contributed by atoms with Gasteiger partial charge < -0.3 is 15.3 Å². The van der Waals surface area contributed by atoms with Crippen LogP contribution >= 0.6 is 0 Å². The molecule has 17 heavy (non-hydrogen) atoms. The van der Waals surface area contributed by atoms with Crippen LogP contribution in [0.5, 0.6) is 0 Å². The predicted molar refractivity (Wildman–Crippen MR) is 62.0 cm³/mol. The molecule has 1 aromatic rings. The molecule has 1 unspecified atom stereocenters. The van der Waals surface area contributed by atoms with Gasteiger partial charge in [-0.05, 0) is 17.7 Å². The summed E-state index contributed by atoms with van der Waals surface area (Å²) in [4.78, 5) is 1.74. The lowest BCUT2D eigenvalue weighted by Gasteiger charge is -2.23. The minimum absolute atomic E-state index is 0.0316. The molecule has 3 N–H and O–H groups in total. The zero-order valence-corrected chi connectivity index (χ0v) is 9.59. The molecule has 4 nitrogen and oxygen atoms in total. The van der Waals surface area contributed by atoms with Gasteiger partial charge in [-0.25, -0.2) is 4.39 Å². The Hall–Kier alpha value is -1.01. The van der Waals surface area contributed by atoms with Crippen molar-refractivity contribution in [3.05, 3.63) is 35.6 Å². The quantitative estimate of drug-likeness (QED) is 0.637. The summed E-state index contributed by atoms with van der Waals surface area (Å²) in [5.74, 6) is -0.344. The van der Waals surface area contributed by atoms with Gasteiger partial charge in [-0.2, -0.15) is 0 Å². The monoisotopic (exact) mass is 243 g/mol. The highest BCUT2D eigenvalue weighted by molar-refractivity contribution is 5.18. The molecule has 1 aromatic carbocycles. The second-order valence-corrected chi connectivity index (χ2v) is 3.82. The largest absolute Gasteiger partial charge is 0.395 e. The molecule has 0 saturated carbocycles. The molecule has 0 heterocycles. The zero-order valence-electron chi connectivity index (χ0n) is 9.59. The van der Waals surface area contributed by atoms with Crippen LogP contribution in [0.15, 0.2) is 24.3 Å². The van der Waals surface area contributed by atoms with E-state index in [1.807, 2.05) is 0 Å². The molecule has 0 aromatic heterocycles. The van der Waals surface area contributed by atoms with Crippen LogP contribution in [0.3, 0.4) is 0 Å². The fourth-order valence-electron chi connectivity index (χ4n) is 1.61.